The van der Waals surface area contributed by atoms with Crippen molar-refractivity contribution in [2.45, 2.75) is 52.0 Å². The average molecular weight is 244 g/mol. The molecule has 1 aliphatic carbocycles. The van der Waals surface area contributed by atoms with Gasteiger partial charge in [0.15, 0.2) is 0 Å². The van der Waals surface area contributed by atoms with E-state index in [0.29, 0.717) is 6.04 Å². The smallest absolute Gasteiger partial charge is 0.0713 e. The molecule has 0 radical (unpaired) electrons. The maximum atomic E-state index is 4.64. The Bertz CT molecular complexity index is 409. The summed E-state index contributed by atoms with van der Waals surface area (Å²) in [5, 5.41) is 3.61. The maximum absolute atomic E-state index is 4.64. The highest BCUT2D eigenvalue weighted by atomic mass is 14.9. The molecule has 18 heavy (non-hydrogen) atoms. The molecule has 2 heteroatoms. The lowest BCUT2D eigenvalue weighted by molar-refractivity contribution is 0.550. The van der Waals surface area contributed by atoms with E-state index in [4.69, 9.17) is 0 Å². The van der Waals surface area contributed by atoms with Gasteiger partial charge in [-0.05, 0) is 50.3 Å². The van der Waals surface area contributed by atoms with E-state index in [1.807, 2.05) is 12.3 Å². The Morgan fingerprint density at radius 3 is 2.89 bits per heavy atom. The highest BCUT2D eigenvalue weighted by Gasteiger charge is 2.20. The minimum atomic E-state index is 0.325. The number of nitrogens with zero attached hydrogens (tertiary/aromatic N) is 1. The first-order valence-corrected chi connectivity index (χ1v) is 7.22. The van der Waals surface area contributed by atoms with Crippen LogP contribution in [0.1, 0.15) is 56.8 Å². The predicted octanol–water partition coefficient (Wildman–Crippen LogP) is 3.80. The van der Waals surface area contributed by atoms with E-state index < -0.39 is 0 Å². The third kappa shape index (κ3) is 2.99. The predicted molar refractivity (Wildman–Crippen MR) is 76.6 cm³/mol. The fourth-order valence-corrected chi connectivity index (χ4v) is 2.74. The van der Waals surface area contributed by atoms with Crippen LogP contribution in [0, 0.1) is 0 Å². The Hall–Kier alpha value is -1.15. The van der Waals surface area contributed by atoms with Crippen molar-refractivity contribution in [1.29, 1.82) is 0 Å². The Morgan fingerprint density at radius 2 is 2.22 bits per heavy atom. The van der Waals surface area contributed by atoms with Gasteiger partial charge in [0.2, 0.25) is 0 Å². The number of hydrogen-bond acceptors (Lipinski definition) is 2. The molecule has 1 unspecified atom stereocenters. The zero-order valence-corrected chi connectivity index (χ0v) is 11.6. The first kappa shape index (κ1) is 13.3. The van der Waals surface area contributed by atoms with Crippen molar-refractivity contribution in [3.05, 3.63) is 41.2 Å². The van der Waals surface area contributed by atoms with Gasteiger partial charge in [-0.25, -0.2) is 0 Å². The second-order valence-electron chi connectivity index (χ2n) is 4.92. The molecule has 1 aromatic heterocycles. The van der Waals surface area contributed by atoms with Crippen molar-refractivity contribution < 1.29 is 0 Å². The van der Waals surface area contributed by atoms with Crippen LogP contribution in [0.25, 0.3) is 0 Å². The first-order chi connectivity index (χ1) is 8.86. The summed E-state index contributed by atoms with van der Waals surface area (Å²) in [7, 11) is 0. The Balaban J connectivity index is 2.31. The maximum Gasteiger partial charge on any atom is 0.0713 e. The van der Waals surface area contributed by atoms with Crippen LogP contribution in [0.15, 0.2) is 30.0 Å². The molecular formula is C16H24N2. The van der Waals surface area contributed by atoms with Crippen LogP contribution in [0.2, 0.25) is 0 Å². The zero-order chi connectivity index (χ0) is 12.8. The fraction of sp³-hybridized carbons (Fsp3) is 0.562. The molecule has 0 saturated carbocycles. The molecular weight excluding hydrogens is 220 g/mol. The lowest BCUT2D eigenvalue weighted by Crippen LogP contribution is -2.25. The molecule has 1 atom stereocenters. The van der Waals surface area contributed by atoms with Crippen molar-refractivity contribution in [1.82, 2.24) is 10.3 Å². The second-order valence-corrected chi connectivity index (χ2v) is 4.92. The second kappa shape index (κ2) is 6.69. The summed E-state index contributed by atoms with van der Waals surface area (Å²) in [4.78, 5) is 4.64. The normalized spacial score (nSPS) is 17.3. The quantitative estimate of drug-likeness (QED) is 0.797. The van der Waals surface area contributed by atoms with Gasteiger partial charge in [0.25, 0.3) is 0 Å². The Labute approximate surface area is 111 Å². The number of allylic oxidation sites excluding steroid dienone is 1. The molecule has 0 spiro atoms. The number of hydrogen-bond donors (Lipinski definition) is 1. The summed E-state index contributed by atoms with van der Waals surface area (Å²) in [6, 6.07) is 4.57. The van der Waals surface area contributed by atoms with E-state index in [1.54, 1.807) is 0 Å². The van der Waals surface area contributed by atoms with Crippen LogP contribution in [-0.2, 0) is 6.42 Å². The van der Waals surface area contributed by atoms with Gasteiger partial charge in [0.1, 0.15) is 0 Å². The van der Waals surface area contributed by atoms with Crippen LogP contribution in [0.5, 0.6) is 0 Å². The number of likely N-dealkylation sites (N-methyl/N-ethyl adjacent to an activating group) is 1. The molecule has 2 nitrogen and oxygen atoms in total. The van der Waals surface area contributed by atoms with Crippen LogP contribution < -0.4 is 5.32 Å². The van der Waals surface area contributed by atoms with Crippen LogP contribution in [0.4, 0.5) is 0 Å². The molecule has 0 bridgehead atoms. The molecule has 98 valence electrons. The van der Waals surface area contributed by atoms with Crippen LogP contribution >= 0.6 is 0 Å². The standard InChI is InChI=1S/C16H24N2/c1-3-13-11-8-12-18-15(13)16(17-4-2)14-9-6-5-7-10-14/h8-9,11-12,16-17H,3-7,10H2,1-2H3. The summed E-state index contributed by atoms with van der Waals surface area (Å²) < 4.78 is 0. The molecule has 0 aromatic carbocycles. The number of aromatic nitrogens is 1. The van der Waals surface area contributed by atoms with Gasteiger partial charge in [0.05, 0.1) is 11.7 Å². The molecule has 1 aromatic rings. The number of rotatable bonds is 5. The lowest BCUT2D eigenvalue weighted by atomic mass is 9.90. The molecule has 2 rings (SSSR count). The summed E-state index contributed by atoms with van der Waals surface area (Å²) in [6.45, 7) is 5.37. The number of pyridine rings is 1. The molecule has 0 saturated heterocycles. The minimum absolute atomic E-state index is 0.325. The Kier molecular flexibility index (Phi) is 4.94. The fourth-order valence-electron chi connectivity index (χ4n) is 2.74. The SMILES string of the molecule is CCNC(C1=CCCCC1)c1ncccc1CC. The largest absolute Gasteiger partial charge is 0.306 e. The first-order valence-electron chi connectivity index (χ1n) is 7.22. The van der Waals surface area contributed by atoms with Gasteiger partial charge < -0.3 is 5.32 Å². The highest BCUT2D eigenvalue weighted by molar-refractivity contribution is 5.30. The monoisotopic (exact) mass is 244 g/mol. The van der Waals surface area contributed by atoms with Crippen molar-refractivity contribution in [2.24, 2.45) is 0 Å². The van der Waals surface area contributed by atoms with Crippen LogP contribution in [0.3, 0.4) is 0 Å². The number of aryl methyl sites for hydroxylation is 1. The van der Waals surface area contributed by atoms with E-state index in [1.165, 1.54) is 42.5 Å². The summed E-state index contributed by atoms with van der Waals surface area (Å²) in [6.07, 6.45) is 10.5. The summed E-state index contributed by atoms with van der Waals surface area (Å²) >= 11 is 0. The Morgan fingerprint density at radius 1 is 1.33 bits per heavy atom. The topological polar surface area (TPSA) is 24.9 Å². The van der Waals surface area contributed by atoms with E-state index in [-0.39, 0.29) is 0 Å². The van der Waals surface area contributed by atoms with Gasteiger partial charge in [0, 0.05) is 6.20 Å². The highest BCUT2D eigenvalue weighted by Crippen LogP contribution is 2.30. The molecule has 1 heterocycles. The number of nitrogens with one attached hydrogen (secondary N) is 1. The average Bonchev–Trinajstić information content (AvgIpc) is 2.46. The van der Waals surface area contributed by atoms with E-state index in [9.17, 15) is 0 Å². The van der Waals surface area contributed by atoms with Crippen molar-refractivity contribution in [3.63, 3.8) is 0 Å². The van der Waals surface area contributed by atoms with E-state index in [0.717, 1.165) is 13.0 Å². The van der Waals surface area contributed by atoms with E-state index in [2.05, 4.69) is 36.3 Å². The van der Waals surface area contributed by atoms with Crippen molar-refractivity contribution in [2.75, 3.05) is 6.54 Å². The van der Waals surface area contributed by atoms with Crippen LogP contribution in [-0.4, -0.2) is 11.5 Å². The third-order valence-corrected chi connectivity index (χ3v) is 3.69. The molecule has 0 fully saturated rings. The minimum Gasteiger partial charge on any atom is -0.306 e. The van der Waals surface area contributed by atoms with Gasteiger partial charge in [-0.3, -0.25) is 4.98 Å². The molecule has 1 aliphatic rings. The van der Waals surface area contributed by atoms with Crippen molar-refractivity contribution >= 4 is 0 Å². The van der Waals surface area contributed by atoms with Gasteiger partial charge in [-0.1, -0.05) is 31.6 Å². The van der Waals surface area contributed by atoms with Gasteiger partial charge in [-0.2, -0.15) is 0 Å². The van der Waals surface area contributed by atoms with Gasteiger partial charge >= 0.3 is 0 Å². The summed E-state index contributed by atoms with van der Waals surface area (Å²) in [5.74, 6) is 0. The molecule has 1 N–H and O–H groups in total. The van der Waals surface area contributed by atoms with Crippen molar-refractivity contribution in [3.8, 4) is 0 Å². The lowest BCUT2D eigenvalue weighted by Gasteiger charge is -2.25. The summed E-state index contributed by atoms with van der Waals surface area (Å²) in [5.41, 5.74) is 4.14. The molecule has 0 aliphatic heterocycles. The third-order valence-electron chi connectivity index (χ3n) is 3.69. The van der Waals surface area contributed by atoms with E-state index >= 15 is 0 Å². The zero-order valence-electron chi connectivity index (χ0n) is 11.6. The van der Waals surface area contributed by atoms with Gasteiger partial charge in [-0.15, -0.1) is 0 Å². The molecule has 0 amide bonds.